The summed E-state index contributed by atoms with van der Waals surface area (Å²) in [6.07, 6.45) is 3.65. The van der Waals surface area contributed by atoms with Crippen LogP contribution in [0.4, 0.5) is 5.69 Å². The van der Waals surface area contributed by atoms with Gasteiger partial charge >= 0.3 is 0 Å². The Kier molecular flexibility index (Phi) is 3.99. The van der Waals surface area contributed by atoms with Crippen molar-refractivity contribution in [1.82, 2.24) is 0 Å². The summed E-state index contributed by atoms with van der Waals surface area (Å²) in [4.78, 5) is 4.91. The molecule has 0 saturated carbocycles. The summed E-state index contributed by atoms with van der Waals surface area (Å²) in [6, 6.07) is 1.63. The van der Waals surface area contributed by atoms with Gasteiger partial charge in [0.1, 0.15) is 29.4 Å². The van der Waals surface area contributed by atoms with Crippen molar-refractivity contribution < 1.29 is 28.3 Å². The lowest BCUT2D eigenvalue weighted by Crippen LogP contribution is -2.70. The van der Waals surface area contributed by atoms with Gasteiger partial charge in [0.15, 0.2) is 11.5 Å². The third kappa shape index (κ3) is 2.13. The maximum atomic E-state index is 14.5. The van der Waals surface area contributed by atoms with Crippen LogP contribution >= 0.6 is 0 Å². The quantitative estimate of drug-likeness (QED) is 0.408. The van der Waals surface area contributed by atoms with Crippen LogP contribution in [0.1, 0.15) is 18.4 Å². The molecule has 5 bridgehead atoms. The van der Waals surface area contributed by atoms with E-state index in [1.54, 1.807) is 34.5 Å². The molecule has 0 radical (unpaired) electrons. The van der Waals surface area contributed by atoms with Crippen LogP contribution in [0.3, 0.4) is 0 Å². The molecule has 166 valence electrons. The lowest BCUT2D eigenvalue weighted by atomic mass is 9.67. The second-order valence-corrected chi connectivity index (χ2v) is 9.28. The first-order chi connectivity index (χ1) is 15.0. The number of quaternary nitrogens is 1. The minimum absolute atomic E-state index is 0.0102. The van der Waals surface area contributed by atoms with Crippen molar-refractivity contribution >= 4 is 11.6 Å². The van der Waals surface area contributed by atoms with Gasteiger partial charge in [-0.25, -0.2) is 4.99 Å². The summed E-state index contributed by atoms with van der Waals surface area (Å²) in [5.74, 6) is 3.03. The van der Waals surface area contributed by atoms with Crippen LogP contribution in [-0.2, 0) is 14.9 Å². The highest BCUT2D eigenvalue weighted by Crippen LogP contribution is 2.68. The summed E-state index contributed by atoms with van der Waals surface area (Å²) in [5, 5.41) is 14.5. The van der Waals surface area contributed by atoms with E-state index in [1.807, 2.05) is 0 Å². The highest BCUT2D eigenvalue weighted by molar-refractivity contribution is 6.01. The van der Waals surface area contributed by atoms with Crippen molar-refractivity contribution in [2.75, 3.05) is 48.2 Å². The summed E-state index contributed by atoms with van der Waals surface area (Å²) in [7, 11) is 6.57. The minimum atomic E-state index is -0.606. The van der Waals surface area contributed by atoms with Gasteiger partial charge in [-0.1, -0.05) is 6.08 Å². The molecule has 8 nitrogen and oxygen atoms in total. The maximum Gasteiger partial charge on any atom is 0.206 e. The summed E-state index contributed by atoms with van der Waals surface area (Å²) >= 11 is 0. The minimum Gasteiger partial charge on any atom is -0.632 e. The molecule has 1 unspecified atom stereocenters. The van der Waals surface area contributed by atoms with Gasteiger partial charge < -0.3 is 33.5 Å². The second kappa shape index (κ2) is 6.37. The molecular formula is C23H28N2O6. The molecule has 6 atom stereocenters. The standard InChI is InChI=1S/C23H28N2O6/c1-27-6-5-12-10-25(26)15-9-23-18(25)7-13(12)14(15)11-31-22(23)24-20-16(28-2)8-17(29-3)21(30-4)19(20)23/h5,8,13-15,18H,6-7,9-11H2,1-4H3/b12-5+/t13-,14-,15-,18-,23-,25?/m0/s1. The average molecular weight is 428 g/mol. The molecule has 8 heteroatoms. The highest BCUT2D eigenvalue weighted by atomic mass is 16.6. The molecule has 5 saturated heterocycles. The normalized spacial score (nSPS) is 39.6. The molecule has 0 amide bonds. The maximum absolute atomic E-state index is 14.5. The molecule has 1 aromatic rings. The third-order valence-electron chi connectivity index (χ3n) is 8.38. The van der Waals surface area contributed by atoms with E-state index < -0.39 is 5.41 Å². The molecule has 5 fully saturated rings. The molecule has 6 aliphatic rings. The van der Waals surface area contributed by atoms with Gasteiger partial charge in [0.25, 0.3) is 0 Å². The van der Waals surface area contributed by atoms with Gasteiger partial charge in [-0.15, -0.1) is 0 Å². The number of hydrogen-bond donors (Lipinski definition) is 0. The highest BCUT2D eigenvalue weighted by Gasteiger charge is 2.75. The van der Waals surface area contributed by atoms with Gasteiger partial charge in [-0.2, -0.15) is 0 Å². The first kappa shape index (κ1) is 19.4. The van der Waals surface area contributed by atoms with E-state index in [2.05, 4.69) is 6.08 Å². The van der Waals surface area contributed by atoms with Crippen LogP contribution in [0.25, 0.3) is 0 Å². The van der Waals surface area contributed by atoms with Crippen LogP contribution in [-0.4, -0.2) is 70.8 Å². The van der Waals surface area contributed by atoms with Crippen LogP contribution in [0.15, 0.2) is 22.7 Å². The number of methoxy groups -OCH3 is 4. The van der Waals surface area contributed by atoms with Gasteiger partial charge in [0, 0.05) is 37.5 Å². The van der Waals surface area contributed by atoms with E-state index in [-0.39, 0.29) is 22.6 Å². The van der Waals surface area contributed by atoms with Crippen molar-refractivity contribution in [3.63, 3.8) is 0 Å². The number of hydroxylamine groups is 3. The zero-order valence-corrected chi connectivity index (χ0v) is 18.3. The van der Waals surface area contributed by atoms with E-state index in [4.69, 9.17) is 28.7 Å². The second-order valence-electron chi connectivity index (χ2n) is 9.28. The smallest absolute Gasteiger partial charge is 0.206 e. The summed E-state index contributed by atoms with van der Waals surface area (Å²) in [5.41, 5.74) is 2.23. The van der Waals surface area contributed by atoms with Gasteiger partial charge in [-0.05, 0) is 5.57 Å². The molecule has 6 aliphatic heterocycles. The van der Waals surface area contributed by atoms with Crippen molar-refractivity contribution in [1.29, 1.82) is 0 Å². The number of benzene rings is 1. The molecule has 0 aliphatic carbocycles. The zero-order chi connectivity index (χ0) is 21.5. The van der Waals surface area contributed by atoms with E-state index in [0.29, 0.717) is 54.5 Å². The number of hydrogen-bond acceptors (Lipinski definition) is 7. The van der Waals surface area contributed by atoms with Crippen molar-refractivity contribution in [3.8, 4) is 17.2 Å². The predicted octanol–water partition coefficient (Wildman–Crippen LogP) is 2.70. The van der Waals surface area contributed by atoms with Crippen LogP contribution < -0.4 is 14.2 Å². The van der Waals surface area contributed by atoms with E-state index in [1.165, 1.54) is 5.57 Å². The number of aliphatic imine (C=N–C) groups is 1. The number of nitrogens with zero attached hydrogens (tertiary/aromatic N) is 2. The number of ether oxygens (including phenoxy) is 5. The number of fused-ring (bicyclic) bond motifs is 2. The lowest BCUT2D eigenvalue weighted by molar-refractivity contribution is -0.932. The lowest BCUT2D eigenvalue weighted by Gasteiger charge is -2.63. The molecule has 31 heavy (non-hydrogen) atoms. The Morgan fingerprint density at radius 3 is 2.74 bits per heavy atom. The van der Waals surface area contributed by atoms with Crippen molar-refractivity contribution in [3.05, 3.63) is 28.5 Å². The largest absolute Gasteiger partial charge is 0.632 e. The van der Waals surface area contributed by atoms with Crippen LogP contribution in [0.2, 0.25) is 0 Å². The number of piperidine rings is 3. The van der Waals surface area contributed by atoms with E-state index >= 15 is 0 Å². The molecular weight excluding hydrogens is 400 g/mol. The Balaban J connectivity index is 1.58. The fourth-order valence-electron chi connectivity index (χ4n) is 7.24. The van der Waals surface area contributed by atoms with Gasteiger partial charge in [-0.3, -0.25) is 0 Å². The number of rotatable bonds is 5. The van der Waals surface area contributed by atoms with Gasteiger partial charge in [0.05, 0.1) is 46.5 Å². The SMILES string of the molecule is COC/C=C1\C[N+]2([O-])[C@H]3C[C@@]45C(=Nc6c(OC)cc(OC)c(OC)c64)OC[C@H]3[C@H]1C[C@@H]52. The van der Waals surface area contributed by atoms with Crippen LogP contribution in [0, 0.1) is 17.0 Å². The van der Waals surface area contributed by atoms with Crippen molar-refractivity contribution in [2.45, 2.75) is 30.3 Å². The Hall–Kier alpha value is -2.29. The monoisotopic (exact) mass is 428 g/mol. The zero-order valence-electron chi connectivity index (χ0n) is 18.3. The molecule has 6 heterocycles. The van der Waals surface area contributed by atoms with Crippen LogP contribution in [0.5, 0.6) is 17.2 Å². The third-order valence-corrected chi connectivity index (χ3v) is 8.38. The predicted molar refractivity (Wildman–Crippen MR) is 113 cm³/mol. The average Bonchev–Trinajstić information content (AvgIpc) is 3.07. The van der Waals surface area contributed by atoms with E-state index in [9.17, 15) is 5.21 Å². The topological polar surface area (TPSA) is 81.6 Å². The Labute approximate surface area is 181 Å². The van der Waals surface area contributed by atoms with Gasteiger partial charge in [0.2, 0.25) is 5.90 Å². The Morgan fingerprint density at radius 1 is 1.23 bits per heavy atom. The molecule has 1 spiro atoms. The first-order valence-corrected chi connectivity index (χ1v) is 10.8. The van der Waals surface area contributed by atoms with Crippen molar-refractivity contribution in [2.24, 2.45) is 16.8 Å². The molecule has 0 aromatic heterocycles. The Morgan fingerprint density at radius 2 is 2.03 bits per heavy atom. The Bertz CT molecular complexity index is 1020. The van der Waals surface area contributed by atoms with E-state index in [0.717, 1.165) is 18.4 Å². The molecule has 1 aromatic carbocycles. The molecule has 7 rings (SSSR count). The summed E-state index contributed by atoms with van der Waals surface area (Å²) < 4.78 is 28.6. The summed E-state index contributed by atoms with van der Waals surface area (Å²) in [6.45, 7) is 1.58. The fraction of sp³-hybridized carbons (Fsp3) is 0.609. The first-order valence-electron chi connectivity index (χ1n) is 10.8. The molecule has 0 N–H and O–H groups in total. The fourth-order valence-corrected chi connectivity index (χ4v) is 7.24.